The van der Waals surface area contributed by atoms with E-state index in [1.807, 2.05) is 24.3 Å². The van der Waals surface area contributed by atoms with E-state index in [0.717, 1.165) is 16.3 Å². The number of methoxy groups -OCH3 is 2. The van der Waals surface area contributed by atoms with Crippen LogP contribution in [0.4, 0.5) is 0 Å². The van der Waals surface area contributed by atoms with Crippen molar-refractivity contribution in [1.29, 1.82) is 0 Å². The molecule has 6 heteroatoms. The quantitative estimate of drug-likeness (QED) is 0.694. The van der Waals surface area contributed by atoms with E-state index in [9.17, 15) is 14.7 Å². The summed E-state index contributed by atoms with van der Waals surface area (Å²) in [4.78, 5) is 24.1. The van der Waals surface area contributed by atoms with E-state index < -0.39 is 23.1 Å². The maximum absolute atomic E-state index is 12.1. The fourth-order valence-electron chi connectivity index (χ4n) is 3.23. The van der Waals surface area contributed by atoms with Gasteiger partial charge >= 0.3 is 5.97 Å². The summed E-state index contributed by atoms with van der Waals surface area (Å²) in [5, 5.41) is 12.0. The Hall–Kier alpha value is -3.28. The first-order chi connectivity index (χ1) is 13.0. The number of carbonyl (C=O) groups is 1. The number of hydrogen-bond donors (Lipinski definition) is 1. The Bertz CT molecular complexity index is 1050. The average molecular weight is 368 g/mol. The second-order valence-corrected chi connectivity index (χ2v) is 6.17. The van der Waals surface area contributed by atoms with Gasteiger partial charge < -0.3 is 19.0 Å². The molecule has 3 rings (SSSR count). The largest absolute Gasteiger partial charge is 0.502 e. The van der Waals surface area contributed by atoms with E-state index in [-0.39, 0.29) is 12.2 Å². The minimum absolute atomic E-state index is 0.0423. The molecule has 1 heterocycles. The Morgan fingerprint density at radius 1 is 1.15 bits per heavy atom. The number of rotatable bonds is 5. The summed E-state index contributed by atoms with van der Waals surface area (Å²) in [6.07, 6.45) is -0.0905. The number of hydrogen-bond acceptors (Lipinski definition) is 6. The maximum Gasteiger partial charge on any atom is 0.306 e. The lowest BCUT2D eigenvalue weighted by atomic mass is 9.88. The van der Waals surface area contributed by atoms with E-state index in [1.54, 1.807) is 26.2 Å². The third kappa shape index (κ3) is 3.51. The highest BCUT2D eigenvalue weighted by atomic mass is 16.5. The van der Waals surface area contributed by atoms with Crippen molar-refractivity contribution in [3.05, 3.63) is 69.8 Å². The van der Waals surface area contributed by atoms with Crippen LogP contribution in [0, 0.1) is 6.92 Å². The van der Waals surface area contributed by atoms with Crippen LogP contribution in [0.15, 0.2) is 51.7 Å². The van der Waals surface area contributed by atoms with Gasteiger partial charge in [0.2, 0.25) is 11.2 Å². The molecule has 1 N–H and O–H groups in total. The minimum atomic E-state index is -0.694. The predicted octanol–water partition coefficient (Wildman–Crippen LogP) is 3.51. The van der Waals surface area contributed by atoms with E-state index >= 15 is 0 Å². The Morgan fingerprint density at radius 2 is 1.85 bits per heavy atom. The van der Waals surface area contributed by atoms with Crippen LogP contribution in [0.5, 0.6) is 11.5 Å². The van der Waals surface area contributed by atoms with Gasteiger partial charge in [-0.1, -0.05) is 30.3 Å². The molecule has 0 spiro atoms. The molecule has 1 atom stereocenters. The van der Waals surface area contributed by atoms with E-state index in [1.165, 1.54) is 13.2 Å². The zero-order valence-electron chi connectivity index (χ0n) is 15.3. The Morgan fingerprint density at radius 3 is 2.52 bits per heavy atom. The summed E-state index contributed by atoms with van der Waals surface area (Å²) in [7, 11) is 2.87. The second-order valence-electron chi connectivity index (χ2n) is 6.17. The van der Waals surface area contributed by atoms with Crippen molar-refractivity contribution in [2.24, 2.45) is 0 Å². The summed E-state index contributed by atoms with van der Waals surface area (Å²) in [6, 6.07) is 12.3. The lowest BCUT2D eigenvalue weighted by Gasteiger charge is -2.20. The first-order valence-electron chi connectivity index (χ1n) is 8.42. The molecule has 2 aromatic carbocycles. The molecular formula is C21H20O6. The summed E-state index contributed by atoms with van der Waals surface area (Å²) >= 11 is 0. The second kappa shape index (κ2) is 7.53. The lowest BCUT2D eigenvalue weighted by molar-refractivity contribution is -0.140. The summed E-state index contributed by atoms with van der Waals surface area (Å²) in [6.45, 7) is 1.62. The molecule has 0 aliphatic rings. The molecule has 0 aliphatic carbocycles. The molecule has 6 nitrogen and oxygen atoms in total. The van der Waals surface area contributed by atoms with Gasteiger partial charge in [0.1, 0.15) is 11.5 Å². The molecule has 3 aromatic rings. The smallest absolute Gasteiger partial charge is 0.306 e. The topological polar surface area (TPSA) is 86.0 Å². The van der Waals surface area contributed by atoms with Crippen LogP contribution in [-0.2, 0) is 9.53 Å². The van der Waals surface area contributed by atoms with Gasteiger partial charge in [-0.15, -0.1) is 0 Å². The summed E-state index contributed by atoms with van der Waals surface area (Å²) in [5.74, 6) is -0.610. The molecule has 0 amide bonds. The molecule has 0 fully saturated rings. The number of benzene rings is 2. The van der Waals surface area contributed by atoms with Gasteiger partial charge in [-0.25, -0.2) is 0 Å². The van der Waals surface area contributed by atoms with Crippen molar-refractivity contribution in [2.45, 2.75) is 19.3 Å². The molecule has 0 saturated carbocycles. The van der Waals surface area contributed by atoms with Gasteiger partial charge in [0.25, 0.3) is 0 Å². The van der Waals surface area contributed by atoms with Crippen LogP contribution in [-0.4, -0.2) is 25.3 Å². The third-order valence-corrected chi connectivity index (χ3v) is 4.50. The van der Waals surface area contributed by atoms with Gasteiger partial charge in [0.15, 0.2) is 5.76 Å². The van der Waals surface area contributed by atoms with Gasteiger partial charge in [0.05, 0.1) is 26.6 Å². The van der Waals surface area contributed by atoms with E-state index in [2.05, 4.69) is 0 Å². The molecule has 0 radical (unpaired) electrons. The van der Waals surface area contributed by atoms with E-state index in [4.69, 9.17) is 13.9 Å². The third-order valence-electron chi connectivity index (χ3n) is 4.50. The van der Waals surface area contributed by atoms with Crippen LogP contribution < -0.4 is 10.2 Å². The Kier molecular flexibility index (Phi) is 5.16. The number of carbonyl (C=O) groups excluding carboxylic acids is 1. The van der Waals surface area contributed by atoms with Gasteiger partial charge in [-0.2, -0.15) is 0 Å². The fourth-order valence-corrected chi connectivity index (χ4v) is 3.23. The molecule has 0 bridgehead atoms. The SMILES string of the molecule is COC(=O)C[C@H](c1oc(C)cc(=O)c1O)c1ccc(OC)c2ccccc12. The zero-order valence-corrected chi connectivity index (χ0v) is 15.3. The normalized spacial score (nSPS) is 12.0. The average Bonchev–Trinajstić information content (AvgIpc) is 2.68. The standard InChI is InChI=1S/C21H20O6/c1-12-10-17(22)20(24)21(27-12)16(11-19(23)26-3)14-8-9-18(25-2)15-7-5-4-6-13(14)15/h4-10,16,24H,11H2,1-3H3/t16-/m0/s1. The number of esters is 1. The van der Waals surface area contributed by atoms with Gasteiger partial charge in [-0.3, -0.25) is 9.59 Å². The van der Waals surface area contributed by atoms with Crippen molar-refractivity contribution < 1.29 is 23.8 Å². The summed E-state index contributed by atoms with van der Waals surface area (Å²) in [5.41, 5.74) is 0.169. The highest BCUT2D eigenvalue weighted by molar-refractivity contribution is 5.92. The molecule has 1 aromatic heterocycles. The van der Waals surface area contributed by atoms with Crippen LogP contribution >= 0.6 is 0 Å². The highest BCUT2D eigenvalue weighted by Gasteiger charge is 2.28. The van der Waals surface area contributed by atoms with Crippen LogP contribution in [0.25, 0.3) is 10.8 Å². The van der Waals surface area contributed by atoms with Crippen molar-refractivity contribution in [3.63, 3.8) is 0 Å². The number of aryl methyl sites for hydroxylation is 1. The first kappa shape index (κ1) is 18.5. The lowest BCUT2D eigenvalue weighted by Crippen LogP contribution is -2.14. The molecular weight excluding hydrogens is 348 g/mol. The first-order valence-corrected chi connectivity index (χ1v) is 8.42. The number of aromatic hydroxyl groups is 1. The van der Waals surface area contributed by atoms with Crippen LogP contribution in [0.2, 0.25) is 0 Å². The van der Waals surface area contributed by atoms with Crippen molar-refractivity contribution in [3.8, 4) is 11.5 Å². The number of ether oxygens (including phenoxy) is 2. The molecule has 0 unspecified atom stereocenters. The van der Waals surface area contributed by atoms with E-state index in [0.29, 0.717) is 11.5 Å². The van der Waals surface area contributed by atoms with Crippen LogP contribution in [0.1, 0.15) is 29.4 Å². The Labute approximate surface area is 156 Å². The zero-order chi connectivity index (χ0) is 19.6. The molecule has 27 heavy (non-hydrogen) atoms. The summed E-state index contributed by atoms with van der Waals surface area (Å²) < 4.78 is 15.9. The predicted molar refractivity (Wildman–Crippen MR) is 100 cm³/mol. The van der Waals surface area contributed by atoms with Crippen molar-refractivity contribution in [2.75, 3.05) is 14.2 Å². The maximum atomic E-state index is 12.1. The molecule has 0 saturated heterocycles. The Balaban J connectivity index is 2.29. The monoisotopic (exact) mass is 368 g/mol. The van der Waals surface area contributed by atoms with Gasteiger partial charge in [-0.05, 0) is 23.9 Å². The number of fused-ring (bicyclic) bond motifs is 1. The molecule has 0 aliphatic heterocycles. The van der Waals surface area contributed by atoms with Crippen molar-refractivity contribution in [1.82, 2.24) is 0 Å². The minimum Gasteiger partial charge on any atom is -0.502 e. The van der Waals surface area contributed by atoms with Crippen molar-refractivity contribution >= 4 is 16.7 Å². The highest BCUT2D eigenvalue weighted by Crippen LogP contribution is 2.39. The molecule has 140 valence electrons. The van der Waals surface area contributed by atoms with Gasteiger partial charge in [0, 0.05) is 11.5 Å². The van der Waals surface area contributed by atoms with Crippen LogP contribution in [0.3, 0.4) is 0 Å². The fraction of sp³-hybridized carbons (Fsp3) is 0.238.